The summed E-state index contributed by atoms with van der Waals surface area (Å²) < 4.78 is 36.7. The van der Waals surface area contributed by atoms with Crippen LogP contribution in [0.3, 0.4) is 0 Å². The van der Waals surface area contributed by atoms with E-state index in [1.54, 1.807) is 44.0 Å². The predicted molar refractivity (Wildman–Crippen MR) is 462 cm³/mol. The molecule has 28 heteroatoms. The third-order valence-electron chi connectivity index (χ3n) is 18.7. The first-order valence-corrected chi connectivity index (χ1v) is 41.5. The van der Waals surface area contributed by atoms with Crippen molar-refractivity contribution in [3.8, 4) is 72.9 Å². The molecule has 2 saturated heterocycles. The van der Waals surface area contributed by atoms with E-state index in [0.717, 1.165) is 160 Å². The van der Waals surface area contributed by atoms with Gasteiger partial charge in [0.2, 0.25) is 5.69 Å². The van der Waals surface area contributed by atoms with Crippen LogP contribution in [-0.4, -0.2) is 104 Å². The highest BCUT2D eigenvalue weighted by molar-refractivity contribution is 9.09. The minimum atomic E-state index is -0.566. The molecule has 0 aliphatic carbocycles. The van der Waals surface area contributed by atoms with Crippen LogP contribution in [0.2, 0.25) is 0 Å². The zero-order valence-corrected chi connectivity index (χ0v) is 70.4. The van der Waals surface area contributed by atoms with Crippen LogP contribution in [0.25, 0.3) is 125 Å². The maximum Gasteiger partial charge on any atom is 0.333 e. The minimum absolute atomic E-state index is 0. The second-order valence-corrected chi connectivity index (χ2v) is 29.0. The van der Waals surface area contributed by atoms with Crippen molar-refractivity contribution in [3.63, 3.8) is 0 Å². The molecule has 11 heterocycles. The molecule has 2 fully saturated rings. The summed E-state index contributed by atoms with van der Waals surface area (Å²) in [5.41, 5.74) is 21.7. The number of rotatable bonds is 23. The summed E-state index contributed by atoms with van der Waals surface area (Å²) in [6.07, 6.45) is 25.8. The Balaban J connectivity index is 0.000000149. The number of halogens is 2. The van der Waals surface area contributed by atoms with Gasteiger partial charge in [-0.25, -0.2) is 24.1 Å². The Morgan fingerprint density at radius 3 is 1.36 bits per heavy atom. The van der Waals surface area contributed by atoms with Crippen molar-refractivity contribution in [1.29, 1.82) is 0 Å². The predicted octanol–water partition coefficient (Wildman–Crippen LogP) is 15.2. The number of hydrogen-bond acceptors (Lipinski definition) is 22. The fourth-order valence-electron chi connectivity index (χ4n) is 12.8. The lowest BCUT2D eigenvalue weighted by atomic mass is 9.98. The Morgan fingerprint density at radius 2 is 0.874 bits per heavy atom. The Morgan fingerprint density at radius 1 is 0.454 bits per heavy atom. The SMILES string of the molecule is C(=C\c1nc(-c2ccccc2)c2nsnc2c1-c1ccccc1)/c1ccncc1.CCc1nc(-c2ccccc2)c2nsnc2c1-c1ccccc1.COc1ccncc1.O=C(CCCCBr)ON1C(=O)CCC1=O.O=C(CCCC[n+]1ccc(/C=C/[n+]2cc(-c3ccccc3)c3nsnc3c2-c2ccccc2)cc1)ON1C(=O)CCC1=O.[Br-]. The highest BCUT2D eigenvalue weighted by Crippen LogP contribution is 2.39. The fourth-order valence-corrected chi connectivity index (χ4v) is 14.9. The third-order valence-corrected chi connectivity index (χ3v) is 20.8. The lowest BCUT2D eigenvalue weighted by Crippen LogP contribution is -3.00. The van der Waals surface area contributed by atoms with E-state index in [1.807, 2.05) is 152 Å². The van der Waals surface area contributed by atoms with Crippen LogP contribution in [0.4, 0.5) is 0 Å². The number of nitrogens with zero attached hydrogens (tertiary/aromatic N) is 14. The lowest BCUT2D eigenvalue weighted by molar-refractivity contribution is -0.697. The number of ether oxygens (including phenoxy) is 1. The van der Waals surface area contributed by atoms with Gasteiger partial charge in [0.05, 0.1) is 70.6 Å². The standard InChI is InChI=1S/C33H29N5O4S.C24H16N4S.C19H15N3S.C9H12BrNO4.C6H7NO.BrH/c39-28-14-15-29(40)38(28)42-30(41)13-7-8-19-36-20-16-24(17-21-36)18-22-37-23-27(25-9-3-1-4-10-25)31-32(35-43-34-31)33(37)26-11-5-2-6-12-26;1-3-7-18(8-4-1)21-20(12-11-17-13-15-25-16-14-17)26-22(19-9-5-2-6-10-19)24-23(21)27-29-28-24;1-2-15-16(13-9-5-3-6-10-13)18-19(22-23-21-18)17(20-15)14-11-7-4-8-12-14;10-6-2-1-3-9(14)15-11-7(12)4-5-8(11)13;1-8-6-2-4-7-5-3-6;/h1-6,9-12,16-18,20-23H,7-8,13-15,19H2;1-16H;3-12H,2H2,1H3;1-6H2;2-5H,1H3;1H/q+2;;;;;/p-1/b22-18+;12-11+;;;;. The van der Waals surface area contributed by atoms with E-state index >= 15 is 0 Å². The Kier molecular flexibility index (Phi) is 31.2. The van der Waals surface area contributed by atoms with Gasteiger partial charge in [0.25, 0.3) is 23.6 Å². The minimum Gasteiger partial charge on any atom is -1.00 e. The topological polar surface area (TPSA) is 273 Å². The number of alkyl halides is 1. The van der Waals surface area contributed by atoms with Gasteiger partial charge in [-0.05, 0) is 96.0 Å². The number of aryl methyl sites for hydroxylation is 2. The summed E-state index contributed by atoms with van der Waals surface area (Å²) in [6, 6.07) is 73.0. The average molecular weight is 1770 g/mol. The number of fused-ring (bicyclic) bond motifs is 3. The number of amides is 4. The molecule has 15 aromatic rings. The third kappa shape index (κ3) is 22.5. The maximum atomic E-state index is 12.0. The number of carbonyl (C=O) groups is 6. The molecule has 0 unspecified atom stereocenters. The molecule has 0 N–H and O–H groups in total. The highest BCUT2D eigenvalue weighted by atomic mass is 79.9. The van der Waals surface area contributed by atoms with E-state index in [9.17, 15) is 28.8 Å². The Bertz CT molecular complexity index is 5940. The summed E-state index contributed by atoms with van der Waals surface area (Å²) in [7, 11) is 1.63. The molecule has 0 spiro atoms. The van der Waals surface area contributed by atoms with Gasteiger partial charge >= 0.3 is 11.9 Å². The highest BCUT2D eigenvalue weighted by Gasteiger charge is 2.34. The molecule has 0 saturated carbocycles. The van der Waals surface area contributed by atoms with Crippen LogP contribution in [0.1, 0.15) is 93.6 Å². The van der Waals surface area contributed by atoms with Crippen LogP contribution in [0.5, 0.6) is 5.75 Å². The van der Waals surface area contributed by atoms with Crippen molar-refractivity contribution >= 4 is 144 Å². The van der Waals surface area contributed by atoms with E-state index in [1.165, 1.54) is 35.2 Å². The van der Waals surface area contributed by atoms with Crippen LogP contribution in [0, 0.1) is 0 Å². The second kappa shape index (κ2) is 43.4. The maximum absolute atomic E-state index is 12.0. The monoisotopic (exact) mass is 1770 g/mol. The van der Waals surface area contributed by atoms with Crippen molar-refractivity contribution in [2.75, 3.05) is 12.4 Å². The van der Waals surface area contributed by atoms with Crippen molar-refractivity contribution in [3.05, 3.63) is 284 Å². The molecule has 2 aliphatic rings. The summed E-state index contributed by atoms with van der Waals surface area (Å²) in [6.45, 7) is 2.86. The fraction of sp³-hybridized carbons (Fsp3) is 0.165. The molecule has 0 radical (unpaired) electrons. The molecule has 0 bridgehead atoms. The number of aromatic nitrogens is 12. The molecule has 598 valence electrons. The summed E-state index contributed by atoms with van der Waals surface area (Å²) in [5.74, 6) is -2.05. The molecule has 17 rings (SSSR count). The molecule has 6 aromatic carbocycles. The zero-order valence-electron chi connectivity index (χ0n) is 64.7. The van der Waals surface area contributed by atoms with Crippen molar-refractivity contribution in [2.45, 2.75) is 84.1 Å². The molecule has 0 atom stereocenters. The molecular formula is C91H79Br2N14O9S3+. The van der Waals surface area contributed by atoms with Gasteiger partial charge in [-0.15, -0.1) is 10.1 Å². The van der Waals surface area contributed by atoms with E-state index in [2.05, 4.69) is 166 Å². The van der Waals surface area contributed by atoms with Crippen LogP contribution < -0.4 is 30.9 Å². The van der Waals surface area contributed by atoms with Crippen molar-refractivity contribution in [2.24, 2.45) is 0 Å². The Labute approximate surface area is 718 Å². The number of pyridine rings is 6. The number of carbonyl (C=O) groups excluding carboxylic acids is 6. The number of methoxy groups -OCH3 is 1. The average Bonchev–Trinajstić information content (AvgIpc) is 1.76. The first-order valence-electron chi connectivity index (χ1n) is 38.2. The molecule has 119 heavy (non-hydrogen) atoms. The van der Waals surface area contributed by atoms with Gasteiger partial charge in [0.1, 0.15) is 39.9 Å². The number of hydrogen-bond donors (Lipinski definition) is 0. The first kappa shape index (κ1) is 85.5. The van der Waals surface area contributed by atoms with Gasteiger partial charge in [-0.2, -0.15) is 30.8 Å². The Hall–Kier alpha value is -12.9. The van der Waals surface area contributed by atoms with Crippen LogP contribution >= 0.6 is 51.1 Å². The molecule has 23 nitrogen and oxygen atoms in total. The van der Waals surface area contributed by atoms with Gasteiger partial charge in [0.15, 0.2) is 30.3 Å². The van der Waals surface area contributed by atoms with Gasteiger partial charge in [-0.3, -0.25) is 29.1 Å². The second-order valence-electron chi connectivity index (χ2n) is 26.6. The molecule has 9 aromatic heterocycles. The van der Waals surface area contributed by atoms with Crippen LogP contribution in [0.15, 0.2) is 262 Å². The van der Waals surface area contributed by atoms with Crippen molar-refractivity contribution < 1.29 is 69.3 Å². The summed E-state index contributed by atoms with van der Waals surface area (Å²) in [4.78, 5) is 96.0. The van der Waals surface area contributed by atoms with Gasteiger partial charge < -0.3 is 31.4 Å². The number of imide groups is 2. The van der Waals surface area contributed by atoms with Crippen molar-refractivity contribution in [1.82, 2.24) is 56.3 Å². The smallest absolute Gasteiger partial charge is 0.333 e. The summed E-state index contributed by atoms with van der Waals surface area (Å²) >= 11 is 6.92. The number of benzene rings is 6. The van der Waals surface area contributed by atoms with Gasteiger partial charge in [0, 0.05) is 121 Å². The first-order chi connectivity index (χ1) is 57.9. The van der Waals surface area contributed by atoms with E-state index in [4.69, 9.17) is 23.9 Å². The van der Waals surface area contributed by atoms with Gasteiger partial charge in [-0.1, -0.05) is 199 Å². The van der Waals surface area contributed by atoms with E-state index < -0.39 is 35.6 Å². The molecule has 2 aliphatic heterocycles. The summed E-state index contributed by atoms with van der Waals surface area (Å²) in [5, 5.41) is 2.00. The van der Waals surface area contributed by atoms with E-state index in [0.29, 0.717) is 23.0 Å². The molecular weight excluding hydrogens is 1690 g/mol. The van der Waals surface area contributed by atoms with E-state index in [-0.39, 0.29) is 55.5 Å². The largest absolute Gasteiger partial charge is 1.00 e. The molecule has 4 amide bonds. The zero-order chi connectivity index (χ0) is 81.8. The normalized spacial score (nSPS) is 12.3. The number of unbranched alkanes of at least 4 members (excludes halogenated alkanes) is 2. The lowest BCUT2D eigenvalue weighted by Gasteiger charge is -2.12. The van der Waals surface area contributed by atoms with Crippen LogP contribution in [-0.2, 0) is 51.4 Å². The number of hydroxylamine groups is 4. The quantitative estimate of drug-likeness (QED) is 0.0249.